The maximum atomic E-state index is 11.8. The molecule has 0 atom stereocenters. The highest BCUT2D eigenvalue weighted by Crippen LogP contribution is 2.26. The molecule has 0 unspecified atom stereocenters. The maximum absolute atomic E-state index is 11.8. The van der Waals surface area contributed by atoms with E-state index in [1.165, 1.54) is 39.3 Å². The van der Waals surface area contributed by atoms with Crippen LogP contribution in [0.3, 0.4) is 0 Å². The molecule has 0 amide bonds. The Balaban J connectivity index is 3.38. The summed E-state index contributed by atoms with van der Waals surface area (Å²) in [7, 11) is -0.862. The first kappa shape index (κ1) is 14.8. The Hall–Kier alpha value is -1.27. The van der Waals surface area contributed by atoms with Crippen molar-refractivity contribution < 1.29 is 17.9 Å². The van der Waals surface area contributed by atoms with Gasteiger partial charge < -0.3 is 4.74 Å². The Morgan fingerprint density at radius 2 is 2.06 bits per heavy atom. The van der Waals surface area contributed by atoms with E-state index in [2.05, 4.69) is 4.74 Å². The summed E-state index contributed by atoms with van der Waals surface area (Å²) >= 11 is 5.83. The molecule has 18 heavy (non-hydrogen) atoms. The fourth-order valence-corrected chi connectivity index (χ4v) is 2.40. The van der Waals surface area contributed by atoms with Gasteiger partial charge in [0, 0.05) is 12.1 Å². The van der Waals surface area contributed by atoms with E-state index in [4.69, 9.17) is 11.6 Å². The summed E-state index contributed by atoms with van der Waals surface area (Å²) in [5.74, 6) is -0.684. The highest BCUT2D eigenvalue weighted by Gasteiger charge is 2.22. The molecule has 1 aromatic carbocycles. The molecule has 0 fully saturated rings. The molecule has 0 bridgehead atoms. The number of rotatable bonds is 4. The topological polar surface area (TPSA) is 63.7 Å². The Labute approximate surface area is 111 Å². The second kappa shape index (κ2) is 5.58. The lowest BCUT2D eigenvalue weighted by molar-refractivity contribution is 0.0601. The molecule has 0 spiro atoms. The van der Waals surface area contributed by atoms with Crippen LogP contribution in [0.25, 0.3) is 0 Å². The highest BCUT2D eigenvalue weighted by molar-refractivity contribution is 7.92. The standard InChI is InChI=1S/C11H14ClNO4S/c1-4-18(15,16)13(2)10-7-8(12)5-6-9(10)11(14)17-3/h5-7H,4H2,1-3H3. The number of halogens is 1. The van der Waals surface area contributed by atoms with Crippen molar-refractivity contribution in [2.24, 2.45) is 0 Å². The number of ether oxygens (including phenoxy) is 1. The zero-order chi connectivity index (χ0) is 13.9. The first-order valence-electron chi connectivity index (χ1n) is 5.18. The van der Waals surface area contributed by atoms with Crippen molar-refractivity contribution >= 4 is 33.3 Å². The van der Waals surface area contributed by atoms with Crippen LogP contribution in [-0.2, 0) is 14.8 Å². The molecular weight excluding hydrogens is 278 g/mol. The third kappa shape index (κ3) is 2.94. The monoisotopic (exact) mass is 291 g/mol. The van der Waals surface area contributed by atoms with Gasteiger partial charge in [0.25, 0.3) is 0 Å². The highest BCUT2D eigenvalue weighted by atomic mass is 35.5. The third-order valence-corrected chi connectivity index (χ3v) is 4.48. The maximum Gasteiger partial charge on any atom is 0.340 e. The lowest BCUT2D eigenvalue weighted by atomic mass is 10.2. The second-order valence-corrected chi connectivity index (χ2v) is 6.25. The first-order chi connectivity index (χ1) is 8.33. The summed E-state index contributed by atoms with van der Waals surface area (Å²) in [4.78, 5) is 11.6. The lowest BCUT2D eigenvalue weighted by Crippen LogP contribution is -2.29. The molecule has 5 nitrogen and oxygen atoms in total. The number of esters is 1. The number of anilines is 1. The fourth-order valence-electron chi connectivity index (χ4n) is 1.39. The molecule has 0 heterocycles. The van der Waals surface area contributed by atoms with Crippen LogP contribution in [0.4, 0.5) is 5.69 Å². The van der Waals surface area contributed by atoms with Gasteiger partial charge in [-0.15, -0.1) is 0 Å². The molecule has 0 aliphatic rings. The van der Waals surface area contributed by atoms with Crippen molar-refractivity contribution in [2.45, 2.75) is 6.92 Å². The van der Waals surface area contributed by atoms with Crippen molar-refractivity contribution in [3.63, 3.8) is 0 Å². The Morgan fingerprint density at radius 3 is 2.56 bits per heavy atom. The molecule has 100 valence electrons. The number of methoxy groups -OCH3 is 1. The Kier molecular flexibility index (Phi) is 4.59. The number of carbonyl (C=O) groups is 1. The molecular formula is C11H14ClNO4S. The van der Waals surface area contributed by atoms with E-state index in [1.807, 2.05) is 0 Å². The molecule has 0 saturated heterocycles. The van der Waals surface area contributed by atoms with E-state index < -0.39 is 16.0 Å². The summed E-state index contributed by atoms with van der Waals surface area (Å²) < 4.78 is 29.3. The molecule has 0 N–H and O–H groups in total. The normalized spacial score (nSPS) is 11.1. The van der Waals surface area contributed by atoms with Crippen LogP contribution < -0.4 is 4.31 Å². The van der Waals surface area contributed by atoms with Crippen molar-refractivity contribution in [1.29, 1.82) is 0 Å². The third-order valence-electron chi connectivity index (χ3n) is 2.49. The van der Waals surface area contributed by atoms with E-state index in [-0.39, 0.29) is 17.0 Å². The van der Waals surface area contributed by atoms with E-state index in [0.29, 0.717) is 5.02 Å². The van der Waals surface area contributed by atoms with E-state index in [9.17, 15) is 13.2 Å². The number of carbonyl (C=O) groups excluding carboxylic acids is 1. The van der Waals surface area contributed by atoms with Crippen LogP contribution >= 0.6 is 11.6 Å². The van der Waals surface area contributed by atoms with Crippen molar-refractivity contribution in [1.82, 2.24) is 0 Å². The molecule has 1 aromatic rings. The van der Waals surface area contributed by atoms with Gasteiger partial charge in [0.15, 0.2) is 0 Å². The van der Waals surface area contributed by atoms with Gasteiger partial charge in [-0.25, -0.2) is 13.2 Å². The van der Waals surface area contributed by atoms with Crippen LogP contribution in [0.15, 0.2) is 18.2 Å². The number of hydrogen-bond donors (Lipinski definition) is 0. The van der Waals surface area contributed by atoms with E-state index in [0.717, 1.165) is 4.31 Å². The minimum absolute atomic E-state index is 0.0728. The molecule has 0 radical (unpaired) electrons. The summed E-state index contributed by atoms with van der Waals surface area (Å²) in [6, 6.07) is 4.36. The zero-order valence-electron chi connectivity index (χ0n) is 10.3. The van der Waals surface area contributed by atoms with E-state index >= 15 is 0 Å². The van der Waals surface area contributed by atoms with Crippen LogP contribution in [0.1, 0.15) is 17.3 Å². The summed E-state index contributed by atoms with van der Waals surface area (Å²) in [5, 5.41) is 0.343. The molecule has 0 saturated carbocycles. The first-order valence-corrected chi connectivity index (χ1v) is 7.16. The van der Waals surface area contributed by atoms with Crippen molar-refractivity contribution in [3.05, 3.63) is 28.8 Å². The fraction of sp³-hybridized carbons (Fsp3) is 0.364. The van der Waals surface area contributed by atoms with Crippen molar-refractivity contribution in [3.8, 4) is 0 Å². The van der Waals surface area contributed by atoms with Crippen LogP contribution in [0, 0.1) is 0 Å². The largest absolute Gasteiger partial charge is 0.465 e. The van der Waals surface area contributed by atoms with Gasteiger partial charge in [-0.1, -0.05) is 11.6 Å². The predicted octanol–water partition coefficient (Wildman–Crippen LogP) is 1.91. The van der Waals surface area contributed by atoms with Gasteiger partial charge in [-0.05, 0) is 25.1 Å². The molecule has 1 rings (SSSR count). The Morgan fingerprint density at radius 1 is 1.44 bits per heavy atom. The second-order valence-electron chi connectivity index (χ2n) is 3.52. The van der Waals surface area contributed by atoms with Gasteiger partial charge in [0.1, 0.15) is 0 Å². The van der Waals surface area contributed by atoms with Crippen LogP contribution in [0.2, 0.25) is 5.02 Å². The average Bonchev–Trinajstić information content (AvgIpc) is 2.36. The quantitative estimate of drug-likeness (QED) is 0.795. The van der Waals surface area contributed by atoms with Gasteiger partial charge >= 0.3 is 5.97 Å². The van der Waals surface area contributed by atoms with Gasteiger partial charge in [0.2, 0.25) is 10.0 Å². The SMILES string of the molecule is CCS(=O)(=O)N(C)c1cc(Cl)ccc1C(=O)OC. The molecule has 7 heteroatoms. The summed E-state index contributed by atoms with van der Waals surface area (Å²) in [5.41, 5.74) is 0.359. The lowest BCUT2D eigenvalue weighted by Gasteiger charge is -2.21. The smallest absolute Gasteiger partial charge is 0.340 e. The Bertz CT molecular complexity index is 556. The van der Waals surface area contributed by atoms with Gasteiger partial charge in [-0.2, -0.15) is 0 Å². The number of benzene rings is 1. The van der Waals surface area contributed by atoms with Crippen LogP contribution in [0.5, 0.6) is 0 Å². The van der Waals surface area contributed by atoms with Gasteiger partial charge in [0.05, 0.1) is 24.1 Å². The molecule has 0 aromatic heterocycles. The zero-order valence-corrected chi connectivity index (χ0v) is 11.9. The van der Waals surface area contributed by atoms with Crippen molar-refractivity contribution in [2.75, 3.05) is 24.2 Å². The van der Waals surface area contributed by atoms with E-state index in [1.54, 1.807) is 0 Å². The number of sulfonamides is 1. The predicted molar refractivity (Wildman–Crippen MR) is 70.7 cm³/mol. The summed E-state index contributed by atoms with van der Waals surface area (Å²) in [6.45, 7) is 1.52. The van der Waals surface area contributed by atoms with Gasteiger partial charge in [-0.3, -0.25) is 4.31 Å². The summed E-state index contributed by atoms with van der Waals surface area (Å²) in [6.07, 6.45) is 0. The minimum Gasteiger partial charge on any atom is -0.465 e. The number of hydrogen-bond acceptors (Lipinski definition) is 4. The molecule has 0 aliphatic heterocycles. The number of nitrogens with zero attached hydrogens (tertiary/aromatic N) is 1. The molecule has 0 aliphatic carbocycles. The average molecular weight is 292 g/mol. The van der Waals surface area contributed by atoms with Crippen LogP contribution in [-0.4, -0.2) is 34.3 Å². The minimum atomic E-state index is -3.47.